The first kappa shape index (κ1) is 14.3. The minimum atomic E-state index is -0.0424. The van der Waals surface area contributed by atoms with Gasteiger partial charge in [-0.1, -0.05) is 36.4 Å². The molecular weight excluding hydrogens is 264 g/mol. The van der Waals surface area contributed by atoms with Crippen molar-refractivity contribution in [2.24, 2.45) is 5.92 Å². The van der Waals surface area contributed by atoms with Crippen LogP contribution < -0.4 is 5.32 Å². The molecule has 2 aliphatic rings. The van der Waals surface area contributed by atoms with Gasteiger partial charge in [-0.25, -0.2) is 0 Å². The molecule has 4 heteroatoms. The molecule has 1 N–H and O–H groups in total. The van der Waals surface area contributed by atoms with Crippen LogP contribution in [0.3, 0.4) is 0 Å². The maximum absolute atomic E-state index is 12.5. The Labute approximate surface area is 125 Å². The second-order valence-corrected chi connectivity index (χ2v) is 5.61. The summed E-state index contributed by atoms with van der Waals surface area (Å²) in [5, 5.41) is 3.26. The van der Waals surface area contributed by atoms with Crippen molar-refractivity contribution >= 4 is 11.5 Å². The van der Waals surface area contributed by atoms with Crippen LogP contribution in [-0.2, 0) is 9.53 Å². The SMILES string of the molecule is O=C(C1CNCCOC1)N1CC=C(c2ccccc2)CC1. The van der Waals surface area contributed by atoms with Crippen LogP contribution in [0.2, 0.25) is 0 Å². The normalized spacial score (nSPS) is 23.3. The van der Waals surface area contributed by atoms with Crippen LogP contribution in [0.25, 0.3) is 5.57 Å². The molecule has 1 saturated heterocycles. The lowest BCUT2D eigenvalue weighted by atomic mass is 9.98. The maximum atomic E-state index is 12.5. The van der Waals surface area contributed by atoms with Crippen molar-refractivity contribution in [2.75, 3.05) is 39.4 Å². The Bertz CT molecular complexity index is 505. The topological polar surface area (TPSA) is 41.6 Å². The van der Waals surface area contributed by atoms with Crippen molar-refractivity contribution in [3.8, 4) is 0 Å². The van der Waals surface area contributed by atoms with E-state index in [0.717, 1.165) is 26.1 Å². The molecule has 0 bridgehead atoms. The number of carbonyl (C=O) groups excluding carboxylic acids is 1. The second kappa shape index (κ2) is 6.87. The molecule has 0 spiro atoms. The Morgan fingerprint density at radius 2 is 2.14 bits per heavy atom. The van der Waals surface area contributed by atoms with E-state index >= 15 is 0 Å². The molecule has 0 radical (unpaired) electrons. The number of nitrogens with one attached hydrogen (secondary N) is 1. The first-order chi connectivity index (χ1) is 10.3. The van der Waals surface area contributed by atoms with E-state index in [1.54, 1.807) is 0 Å². The predicted molar refractivity (Wildman–Crippen MR) is 82.8 cm³/mol. The minimum absolute atomic E-state index is 0.0424. The zero-order valence-electron chi connectivity index (χ0n) is 12.3. The molecule has 2 aliphatic heterocycles. The van der Waals surface area contributed by atoms with Crippen LogP contribution in [0.5, 0.6) is 0 Å². The molecule has 2 heterocycles. The van der Waals surface area contributed by atoms with Gasteiger partial charge in [0.25, 0.3) is 0 Å². The predicted octanol–water partition coefficient (Wildman–Crippen LogP) is 1.54. The number of rotatable bonds is 2. The lowest BCUT2D eigenvalue weighted by Gasteiger charge is -2.29. The third kappa shape index (κ3) is 3.52. The van der Waals surface area contributed by atoms with E-state index in [0.29, 0.717) is 19.8 Å². The Hall–Kier alpha value is -1.65. The molecule has 4 nitrogen and oxygen atoms in total. The summed E-state index contributed by atoms with van der Waals surface area (Å²) in [6.45, 7) is 4.31. The molecule has 1 aromatic carbocycles. The fourth-order valence-electron chi connectivity index (χ4n) is 2.91. The van der Waals surface area contributed by atoms with Crippen LogP contribution in [0.15, 0.2) is 36.4 Å². The van der Waals surface area contributed by atoms with Gasteiger partial charge in [0.15, 0.2) is 0 Å². The van der Waals surface area contributed by atoms with E-state index in [9.17, 15) is 4.79 Å². The summed E-state index contributed by atoms with van der Waals surface area (Å²) in [6.07, 6.45) is 3.11. The van der Waals surface area contributed by atoms with Crippen molar-refractivity contribution in [3.05, 3.63) is 42.0 Å². The van der Waals surface area contributed by atoms with Crippen molar-refractivity contribution in [1.82, 2.24) is 10.2 Å². The van der Waals surface area contributed by atoms with Gasteiger partial charge in [-0.05, 0) is 17.6 Å². The molecule has 21 heavy (non-hydrogen) atoms. The Kier molecular flexibility index (Phi) is 4.68. The highest BCUT2D eigenvalue weighted by atomic mass is 16.5. The molecule has 1 aromatic rings. The first-order valence-electron chi connectivity index (χ1n) is 7.66. The molecular formula is C17H22N2O2. The molecule has 1 amide bonds. The highest BCUT2D eigenvalue weighted by Gasteiger charge is 2.26. The molecule has 0 aliphatic carbocycles. The highest BCUT2D eigenvalue weighted by Crippen LogP contribution is 2.22. The number of nitrogens with zero attached hydrogens (tertiary/aromatic N) is 1. The smallest absolute Gasteiger partial charge is 0.229 e. The zero-order valence-corrected chi connectivity index (χ0v) is 12.3. The van der Waals surface area contributed by atoms with Gasteiger partial charge in [0.2, 0.25) is 5.91 Å². The average Bonchev–Trinajstić information content (AvgIpc) is 2.84. The lowest BCUT2D eigenvalue weighted by Crippen LogP contribution is -2.43. The Morgan fingerprint density at radius 3 is 2.90 bits per heavy atom. The van der Waals surface area contributed by atoms with Gasteiger partial charge in [-0.3, -0.25) is 4.79 Å². The third-order valence-electron chi connectivity index (χ3n) is 4.15. The summed E-state index contributed by atoms with van der Waals surface area (Å²) in [4.78, 5) is 14.5. The fourth-order valence-corrected chi connectivity index (χ4v) is 2.91. The second-order valence-electron chi connectivity index (χ2n) is 5.61. The Balaban J connectivity index is 1.62. The van der Waals surface area contributed by atoms with Crippen LogP contribution in [0.4, 0.5) is 0 Å². The number of hydrogen-bond acceptors (Lipinski definition) is 3. The van der Waals surface area contributed by atoms with Crippen molar-refractivity contribution in [1.29, 1.82) is 0 Å². The summed E-state index contributed by atoms with van der Waals surface area (Å²) in [5.41, 5.74) is 2.61. The maximum Gasteiger partial charge on any atom is 0.229 e. The first-order valence-corrected chi connectivity index (χ1v) is 7.66. The number of amides is 1. The van der Waals surface area contributed by atoms with Crippen LogP contribution in [0.1, 0.15) is 12.0 Å². The van der Waals surface area contributed by atoms with E-state index in [2.05, 4.69) is 35.7 Å². The van der Waals surface area contributed by atoms with Gasteiger partial charge >= 0.3 is 0 Å². The van der Waals surface area contributed by atoms with Gasteiger partial charge in [-0.15, -0.1) is 0 Å². The number of hydrogen-bond donors (Lipinski definition) is 1. The monoisotopic (exact) mass is 286 g/mol. The molecule has 3 rings (SSSR count). The number of ether oxygens (including phenoxy) is 1. The van der Waals surface area contributed by atoms with E-state index in [4.69, 9.17) is 4.74 Å². The van der Waals surface area contributed by atoms with Crippen LogP contribution in [0, 0.1) is 5.92 Å². The largest absolute Gasteiger partial charge is 0.379 e. The molecule has 0 saturated carbocycles. The van der Waals surface area contributed by atoms with E-state index < -0.39 is 0 Å². The molecule has 1 unspecified atom stereocenters. The zero-order chi connectivity index (χ0) is 14.5. The summed E-state index contributed by atoms with van der Waals surface area (Å²) in [7, 11) is 0. The van der Waals surface area contributed by atoms with E-state index in [1.165, 1.54) is 11.1 Å². The van der Waals surface area contributed by atoms with Gasteiger partial charge < -0.3 is 15.0 Å². The lowest BCUT2D eigenvalue weighted by molar-refractivity contribution is -0.136. The van der Waals surface area contributed by atoms with Gasteiger partial charge in [0, 0.05) is 26.2 Å². The molecule has 112 valence electrons. The standard InChI is InChI=1S/C17H22N2O2/c20-17(16-12-18-8-11-21-13-16)19-9-6-15(7-10-19)14-4-2-1-3-5-14/h1-6,16,18H,7-13H2. The van der Waals surface area contributed by atoms with Crippen LogP contribution in [-0.4, -0.2) is 50.2 Å². The third-order valence-corrected chi connectivity index (χ3v) is 4.15. The minimum Gasteiger partial charge on any atom is -0.379 e. The summed E-state index contributed by atoms with van der Waals surface area (Å²) >= 11 is 0. The fraction of sp³-hybridized carbons (Fsp3) is 0.471. The summed E-state index contributed by atoms with van der Waals surface area (Å²) < 4.78 is 5.48. The van der Waals surface area contributed by atoms with Gasteiger partial charge in [-0.2, -0.15) is 0 Å². The van der Waals surface area contributed by atoms with E-state index in [-0.39, 0.29) is 11.8 Å². The highest BCUT2D eigenvalue weighted by molar-refractivity contribution is 5.81. The van der Waals surface area contributed by atoms with Crippen molar-refractivity contribution in [3.63, 3.8) is 0 Å². The molecule has 1 fully saturated rings. The van der Waals surface area contributed by atoms with Gasteiger partial charge in [0.05, 0.1) is 19.1 Å². The van der Waals surface area contributed by atoms with E-state index in [1.807, 2.05) is 11.0 Å². The Morgan fingerprint density at radius 1 is 1.29 bits per heavy atom. The molecule has 0 aromatic heterocycles. The summed E-state index contributed by atoms with van der Waals surface area (Å²) in [5.74, 6) is 0.173. The van der Waals surface area contributed by atoms with Gasteiger partial charge in [0.1, 0.15) is 0 Å². The van der Waals surface area contributed by atoms with Crippen molar-refractivity contribution in [2.45, 2.75) is 6.42 Å². The average molecular weight is 286 g/mol. The molecule has 1 atom stereocenters. The summed E-state index contributed by atoms with van der Waals surface area (Å²) in [6, 6.07) is 10.4. The van der Waals surface area contributed by atoms with Crippen molar-refractivity contribution < 1.29 is 9.53 Å². The number of benzene rings is 1. The number of carbonyl (C=O) groups is 1. The van der Waals surface area contributed by atoms with Crippen LogP contribution >= 0.6 is 0 Å². The quantitative estimate of drug-likeness (QED) is 0.896.